The number of nitrogens with zero attached hydrogens (tertiary/aromatic N) is 1. The van der Waals surface area contributed by atoms with E-state index in [1.807, 2.05) is 0 Å². The molecule has 2 atom stereocenters. The van der Waals surface area contributed by atoms with Crippen LogP contribution in [0.2, 0.25) is 0 Å². The highest BCUT2D eigenvalue weighted by molar-refractivity contribution is 6.05. The number of carboxylic acid groups (broad SMARTS) is 1. The number of rotatable bonds is 8. The number of ether oxygens (including phenoxy) is 1. The second-order valence-corrected chi connectivity index (χ2v) is 4.85. The molecule has 1 rings (SSSR count). The van der Waals surface area contributed by atoms with Crippen LogP contribution in [0.4, 0.5) is 0 Å². The first-order chi connectivity index (χ1) is 10.4. The van der Waals surface area contributed by atoms with Gasteiger partial charge in [-0.1, -0.05) is 37.3 Å². The van der Waals surface area contributed by atoms with Gasteiger partial charge in [0.1, 0.15) is 0 Å². The van der Waals surface area contributed by atoms with Crippen LogP contribution in [-0.2, 0) is 19.7 Å². The Balaban J connectivity index is 3.43. The maximum Gasteiger partial charge on any atom is 0.328 e. The fourth-order valence-electron chi connectivity index (χ4n) is 2.32. The third-order valence-corrected chi connectivity index (χ3v) is 3.57. The zero-order chi connectivity index (χ0) is 16.8. The quantitative estimate of drug-likeness (QED) is 0.341. The highest BCUT2D eigenvalue weighted by Gasteiger charge is 2.52. The standard InChI is InChI=1S/C15H19NO6/c1-3-12(16(20)21)10-15(13(17)18,14(19)22-4-2)11-8-6-5-7-9-11/h5-9,12H,3-4,10H2,1-2H3,(H,17,18). The zero-order valence-electron chi connectivity index (χ0n) is 12.5. The van der Waals surface area contributed by atoms with E-state index in [2.05, 4.69) is 0 Å². The molecule has 0 spiro atoms. The summed E-state index contributed by atoms with van der Waals surface area (Å²) in [7, 11) is 0. The molecule has 120 valence electrons. The minimum Gasteiger partial charge on any atom is -0.480 e. The Morgan fingerprint density at radius 1 is 1.32 bits per heavy atom. The van der Waals surface area contributed by atoms with Crippen LogP contribution >= 0.6 is 0 Å². The Hall–Kier alpha value is -2.44. The second kappa shape index (κ2) is 7.53. The molecule has 0 saturated carbocycles. The predicted octanol–water partition coefficient (Wildman–Crippen LogP) is 2.02. The highest BCUT2D eigenvalue weighted by Crippen LogP contribution is 2.33. The average Bonchev–Trinajstić information content (AvgIpc) is 2.49. The number of carbonyl (C=O) groups is 2. The first kappa shape index (κ1) is 17.6. The van der Waals surface area contributed by atoms with Gasteiger partial charge in [-0.2, -0.15) is 0 Å². The summed E-state index contributed by atoms with van der Waals surface area (Å²) < 4.78 is 4.91. The molecule has 0 aliphatic heterocycles. The van der Waals surface area contributed by atoms with E-state index < -0.39 is 34.7 Å². The summed E-state index contributed by atoms with van der Waals surface area (Å²) in [6.45, 7) is 3.13. The molecule has 1 aromatic carbocycles. The van der Waals surface area contributed by atoms with Gasteiger partial charge < -0.3 is 9.84 Å². The summed E-state index contributed by atoms with van der Waals surface area (Å²) in [5.41, 5.74) is -1.90. The number of aliphatic carboxylic acids is 1. The SMILES string of the molecule is CCOC(=O)C(CC(CC)[N+](=O)[O-])(C(=O)O)c1ccccc1. The highest BCUT2D eigenvalue weighted by atomic mass is 16.6. The summed E-state index contributed by atoms with van der Waals surface area (Å²) in [6, 6.07) is 6.63. The van der Waals surface area contributed by atoms with Gasteiger partial charge in [0, 0.05) is 17.8 Å². The van der Waals surface area contributed by atoms with Crippen LogP contribution < -0.4 is 0 Å². The molecule has 0 bridgehead atoms. The summed E-state index contributed by atoms with van der Waals surface area (Å²) >= 11 is 0. The van der Waals surface area contributed by atoms with Crippen LogP contribution in [0.3, 0.4) is 0 Å². The Labute approximate surface area is 128 Å². The van der Waals surface area contributed by atoms with Gasteiger partial charge in [-0.3, -0.25) is 19.7 Å². The van der Waals surface area contributed by atoms with Gasteiger partial charge in [-0.15, -0.1) is 0 Å². The Kier molecular flexibility index (Phi) is 6.03. The van der Waals surface area contributed by atoms with E-state index in [-0.39, 0.29) is 18.6 Å². The monoisotopic (exact) mass is 309 g/mol. The lowest BCUT2D eigenvalue weighted by Crippen LogP contribution is -2.48. The maximum absolute atomic E-state index is 12.4. The minimum absolute atomic E-state index is 0.00402. The van der Waals surface area contributed by atoms with Gasteiger partial charge in [-0.25, -0.2) is 0 Å². The van der Waals surface area contributed by atoms with Crippen LogP contribution in [0.5, 0.6) is 0 Å². The van der Waals surface area contributed by atoms with E-state index in [0.29, 0.717) is 0 Å². The molecule has 2 unspecified atom stereocenters. The van der Waals surface area contributed by atoms with Crippen molar-refractivity contribution < 1.29 is 24.4 Å². The third kappa shape index (κ3) is 3.41. The molecule has 0 radical (unpaired) electrons. The summed E-state index contributed by atoms with van der Waals surface area (Å²) in [5, 5.41) is 20.8. The van der Waals surface area contributed by atoms with Gasteiger partial charge >= 0.3 is 11.9 Å². The molecule has 0 amide bonds. The Morgan fingerprint density at radius 3 is 2.32 bits per heavy atom. The third-order valence-electron chi connectivity index (χ3n) is 3.57. The van der Waals surface area contributed by atoms with Gasteiger partial charge in [-0.05, 0) is 12.5 Å². The van der Waals surface area contributed by atoms with Crippen molar-refractivity contribution in [3.8, 4) is 0 Å². The molecule has 0 aromatic heterocycles. The molecule has 7 nitrogen and oxygen atoms in total. The van der Waals surface area contributed by atoms with Crippen molar-refractivity contribution >= 4 is 11.9 Å². The molecule has 22 heavy (non-hydrogen) atoms. The zero-order valence-corrected chi connectivity index (χ0v) is 12.5. The van der Waals surface area contributed by atoms with Crippen LogP contribution in [0, 0.1) is 10.1 Å². The number of esters is 1. The minimum atomic E-state index is -2.08. The largest absolute Gasteiger partial charge is 0.480 e. The van der Waals surface area contributed by atoms with E-state index in [1.54, 1.807) is 32.0 Å². The van der Waals surface area contributed by atoms with Gasteiger partial charge in [0.25, 0.3) is 0 Å². The van der Waals surface area contributed by atoms with Crippen molar-refractivity contribution in [1.82, 2.24) is 0 Å². The molecular weight excluding hydrogens is 290 g/mol. The summed E-state index contributed by atoms with van der Waals surface area (Å²) in [4.78, 5) is 34.8. The van der Waals surface area contributed by atoms with E-state index in [0.717, 1.165) is 0 Å². The van der Waals surface area contributed by atoms with Gasteiger partial charge in [0.05, 0.1) is 6.61 Å². The van der Waals surface area contributed by atoms with Gasteiger partial charge in [0.2, 0.25) is 6.04 Å². The molecule has 0 saturated heterocycles. The number of hydrogen-bond donors (Lipinski definition) is 1. The van der Waals surface area contributed by atoms with E-state index in [4.69, 9.17) is 4.74 Å². The van der Waals surface area contributed by atoms with Crippen LogP contribution in [0.25, 0.3) is 0 Å². The van der Waals surface area contributed by atoms with Crippen molar-refractivity contribution in [3.63, 3.8) is 0 Å². The first-order valence-corrected chi connectivity index (χ1v) is 6.99. The second-order valence-electron chi connectivity index (χ2n) is 4.85. The van der Waals surface area contributed by atoms with Crippen LogP contribution in [-0.4, -0.2) is 34.6 Å². The number of benzene rings is 1. The van der Waals surface area contributed by atoms with Crippen molar-refractivity contribution in [2.45, 2.75) is 38.1 Å². The first-order valence-electron chi connectivity index (χ1n) is 6.99. The van der Waals surface area contributed by atoms with E-state index in [1.165, 1.54) is 12.1 Å². The lowest BCUT2D eigenvalue weighted by Gasteiger charge is -2.28. The molecule has 0 aliphatic carbocycles. The lowest BCUT2D eigenvalue weighted by atomic mass is 9.75. The predicted molar refractivity (Wildman–Crippen MR) is 78.1 cm³/mol. The topological polar surface area (TPSA) is 107 Å². The molecule has 0 aliphatic rings. The summed E-state index contributed by atoms with van der Waals surface area (Å²) in [6.07, 6.45) is -0.330. The Morgan fingerprint density at radius 2 is 1.91 bits per heavy atom. The fourth-order valence-corrected chi connectivity index (χ4v) is 2.32. The molecule has 0 heterocycles. The van der Waals surface area contributed by atoms with Crippen LogP contribution in [0.1, 0.15) is 32.3 Å². The van der Waals surface area contributed by atoms with Crippen LogP contribution in [0.15, 0.2) is 30.3 Å². The van der Waals surface area contributed by atoms with Crippen molar-refractivity contribution in [2.24, 2.45) is 0 Å². The average molecular weight is 309 g/mol. The fraction of sp³-hybridized carbons (Fsp3) is 0.467. The van der Waals surface area contributed by atoms with Crippen molar-refractivity contribution in [1.29, 1.82) is 0 Å². The Bertz CT molecular complexity index is 544. The molecular formula is C15H19NO6. The summed E-state index contributed by atoms with van der Waals surface area (Å²) in [5.74, 6) is -2.42. The molecule has 1 aromatic rings. The number of hydrogen-bond acceptors (Lipinski definition) is 5. The van der Waals surface area contributed by atoms with Crippen molar-refractivity contribution in [2.75, 3.05) is 6.61 Å². The van der Waals surface area contributed by atoms with E-state index >= 15 is 0 Å². The molecule has 7 heteroatoms. The van der Waals surface area contributed by atoms with Crippen molar-refractivity contribution in [3.05, 3.63) is 46.0 Å². The maximum atomic E-state index is 12.4. The molecule has 1 N–H and O–H groups in total. The van der Waals surface area contributed by atoms with Gasteiger partial charge in [0.15, 0.2) is 5.41 Å². The lowest BCUT2D eigenvalue weighted by molar-refractivity contribution is -0.524. The molecule has 0 fully saturated rings. The van der Waals surface area contributed by atoms with E-state index in [9.17, 15) is 24.8 Å². The number of carboxylic acids is 1. The smallest absolute Gasteiger partial charge is 0.328 e. The number of nitro groups is 1. The normalized spacial score (nSPS) is 14.6. The number of carbonyl (C=O) groups excluding carboxylic acids is 1.